The lowest BCUT2D eigenvalue weighted by molar-refractivity contribution is -0.302. The second-order valence-electron chi connectivity index (χ2n) is 14.1. The highest BCUT2D eigenvalue weighted by molar-refractivity contribution is 5.76. The molecule has 0 aromatic carbocycles. The van der Waals surface area contributed by atoms with Crippen LogP contribution in [0.4, 0.5) is 0 Å². The maximum Gasteiger partial charge on any atom is 0.220 e. The number of carbonyl (C=O) groups excluding carboxylic acids is 1. The molecule has 0 saturated carbocycles. The van der Waals surface area contributed by atoms with Gasteiger partial charge in [-0.25, -0.2) is 0 Å². The Morgan fingerprint density at radius 1 is 0.673 bits per heavy atom. The standard InChI is InChI=1S/C40H75NO8/c1-3-5-7-9-11-13-15-16-17-18-20-22-24-26-28-30-36(44)41-33(32-48-40-39(47)38(46)37(45)35(31-42)49-40)34(43)29-27-25-23-21-19-14-12-10-8-6-4-2/h19,21,27,29,33-35,37-40,42-43,45-47H,3-18,20,22-26,28,30-32H2,1-2H3,(H,41,44)/b21-19+,29-27+/t33-,34+,35-,37-,38?,39?,40-/m0/s1. The van der Waals surface area contributed by atoms with Crippen molar-refractivity contribution in [3.63, 3.8) is 0 Å². The van der Waals surface area contributed by atoms with Gasteiger partial charge in [0.05, 0.1) is 25.4 Å². The number of aliphatic hydroxyl groups excluding tert-OH is 5. The summed E-state index contributed by atoms with van der Waals surface area (Å²) in [4.78, 5) is 12.9. The number of aliphatic hydroxyl groups is 5. The first-order chi connectivity index (χ1) is 23.8. The third-order valence-corrected chi connectivity index (χ3v) is 9.53. The molecule has 0 aliphatic carbocycles. The fourth-order valence-electron chi connectivity index (χ4n) is 6.23. The molecule has 1 fully saturated rings. The van der Waals surface area contributed by atoms with E-state index in [2.05, 4.69) is 31.3 Å². The van der Waals surface area contributed by atoms with Gasteiger partial charge in [-0.1, -0.05) is 154 Å². The largest absolute Gasteiger partial charge is 0.394 e. The minimum Gasteiger partial charge on any atom is -0.394 e. The first-order valence-corrected chi connectivity index (χ1v) is 20.1. The van der Waals surface area contributed by atoms with E-state index in [1.54, 1.807) is 6.08 Å². The second kappa shape index (κ2) is 31.4. The van der Waals surface area contributed by atoms with Crippen LogP contribution in [0.15, 0.2) is 24.3 Å². The molecule has 1 rings (SSSR count). The molecular formula is C40H75NO8. The van der Waals surface area contributed by atoms with E-state index in [0.717, 1.165) is 38.5 Å². The zero-order valence-corrected chi connectivity index (χ0v) is 31.2. The molecule has 1 heterocycles. The Hall–Kier alpha value is -1.33. The molecule has 288 valence electrons. The van der Waals surface area contributed by atoms with Gasteiger partial charge in [0.2, 0.25) is 5.91 Å². The van der Waals surface area contributed by atoms with Crippen LogP contribution in [0.5, 0.6) is 0 Å². The van der Waals surface area contributed by atoms with E-state index in [-0.39, 0.29) is 12.5 Å². The number of hydrogen-bond donors (Lipinski definition) is 6. The molecule has 1 saturated heterocycles. The Balaban J connectivity index is 2.43. The average Bonchev–Trinajstić information content (AvgIpc) is 3.10. The lowest BCUT2D eigenvalue weighted by atomic mass is 9.99. The van der Waals surface area contributed by atoms with Crippen LogP contribution in [0.25, 0.3) is 0 Å². The number of hydrogen-bond acceptors (Lipinski definition) is 8. The molecule has 1 amide bonds. The van der Waals surface area contributed by atoms with Crippen molar-refractivity contribution >= 4 is 5.91 Å². The third kappa shape index (κ3) is 23.0. The van der Waals surface area contributed by atoms with Gasteiger partial charge >= 0.3 is 0 Å². The van der Waals surface area contributed by atoms with Gasteiger partial charge in [-0.05, 0) is 32.1 Å². The lowest BCUT2D eigenvalue weighted by Gasteiger charge is -2.40. The predicted molar refractivity (Wildman–Crippen MR) is 198 cm³/mol. The number of unbranched alkanes of at least 4 members (excludes halogenated alkanes) is 20. The molecule has 1 aliphatic rings. The molecule has 0 aromatic heterocycles. The Labute approximate surface area is 298 Å². The molecule has 2 unspecified atom stereocenters. The summed E-state index contributed by atoms with van der Waals surface area (Å²) in [5.41, 5.74) is 0. The molecule has 0 bridgehead atoms. The maximum absolute atomic E-state index is 12.9. The minimum absolute atomic E-state index is 0.189. The normalized spacial score (nSPS) is 22.6. The van der Waals surface area contributed by atoms with Gasteiger partial charge in [0.25, 0.3) is 0 Å². The van der Waals surface area contributed by atoms with Crippen molar-refractivity contribution in [1.29, 1.82) is 0 Å². The van der Waals surface area contributed by atoms with E-state index in [1.807, 2.05) is 6.08 Å². The summed E-state index contributed by atoms with van der Waals surface area (Å²) in [6, 6.07) is -0.814. The van der Waals surface area contributed by atoms with Crippen molar-refractivity contribution in [2.75, 3.05) is 13.2 Å². The average molecular weight is 698 g/mol. The maximum atomic E-state index is 12.9. The van der Waals surface area contributed by atoms with Crippen molar-refractivity contribution in [3.8, 4) is 0 Å². The molecule has 0 aromatic rings. The summed E-state index contributed by atoms with van der Waals surface area (Å²) in [5, 5.41) is 53.9. The Morgan fingerprint density at radius 2 is 1.16 bits per heavy atom. The first-order valence-electron chi connectivity index (χ1n) is 20.1. The van der Waals surface area contributed by atoms with Crippen LogP contribution in [0.3, 0.4) is 0 Å². The van der Waals surface area contributed by atoms with Gasteiger partial charge < -0.3 is 40.3 Å². The van der Waals surface area contributed by atoms with Crippen molar-refractivity contribution in [1.82, 2.24) is 5.32 Å². The number of ether oxygens (including phenoxy) is 2. The number of rotatable bonds is 32. The minimum atomic E-state index is -1.57. The zero-order chi connectivity index (χ0) is 36.0. The lowest BCUT2D eigenvalue weighted by Crippen LogP contribution is -2.60. The highest BCUT2D eigenvalue weighted by Crippen LogP contribution is 2.22. The molecule has 7 atom stereocenters. The summed E-state index contributed by atoms with van der Waals surface area (Å²) in [6.07, 6.45) is 27.9. The van der Waals surface area contributed by atoms with Crippen LogP contribution in [-0.2, 0) is 14.3 Å². The Bertz CT molecular complexity index is 822. The fourth-order valence-corrected chi connectivity index (χ4v) is 6.23. The predicted octanol–water partition coefficient (Wildman–Crippen LogP) is 7.16. The molecule has 9 heteroatoms. The molecule has 0 spiro atoms. The van der Waals surface area contributed by atoms with Crippen LogP contribution in [-0.4, -0.2) is 87.5 Å². The van der Waals surface area contributed by atoms with Crippen molar-refractivity contribution < 1.29 is 39.8 Å². The van der Waals surface area contributed by atoms with Gasteiger partial charge in [-0.2, -0.15) is 0 Å². The summed E-state index contributed by atoms with van der Waals surface area (Å²) < 4.78 is 11.1. The number of amides is 1. The molecule has 9 nitrogen and oxygen atoms in total. The van der Waals surface area contributed by atoms with Crippen LogP contribution < -0.4 is 5.32 Å². The Morgan fingerprint density at radius 3 is 1.71 bits per heavy atom. The van der Waals surface area contributed by atoms with Crippen molar-refractivity contribution in [2.24, 2.45) is 0 Å². The van der Waals surface area contributed by atoms with E-state index >= 15 is 0 Å². The van der Waals surface area contributed by atoms with Crippen LogP contribution >= 0.6 is 0 Å². The quantitative estimate of drug-likeness (QED) is 0.0320. The van der Waals surface area contributed by atoms with Crippen molar-refractivity contribution in [3.05, 3.63) is 24.3 Å². The summed E-state index contributed by atoms with van der Waals surface area (Å²) in [7, 11) is 0. The zero-order valence-electron chi connectivity index (χ0n) is 31.2. The van der Waals surface area contributed by atoms with E-state index in [0.29, 0.717) is 6.42 Å². The fraction of sp³-hybridized carbons (Fsp3) is 0.875. The summed E-state index contributed by atoms with van der Waals surface area (Å²) >= 11 is 0. The van der Waals surface area contributed by atoms with E-state index in [1.165, 1.54) is 109 Å². The van der Waals surface area contributed by atoms with Crippen LogP contribution in [0, 0.1) is 0 Å². The van der Waals surface area contributed by atoms with Gasteiger partial charge in [0.15, 0.2) is 6.29 Å². The monoisotopic (exact) mass is 698 g/mol. The second-order valence-corrected chi connectivity index (χ2v) is 14.1. The van der Waals surface area contributed by atoms with Gasteiger partial charge in [0, 0.05) is 6.42 Å². The van der Waals surface area contributed by atoms with Gasteiger partial charge in [-0.3, -0.25) is 4.79 Å². The third-order valence-electron chi connectivity index (χ3n) is 9.53. The van der Waals surface area contributed by atoms with E-state index in [4.69, 9.17) is 9.47 Å². The number of nitrogens with one attached hydrogen (secondary N) is 1. The van der Waals surface area contributed by atoms with Gasteiger partial charge in [0.1, 0.15) is 24.4 Å². The molecule has 6 N–H and O–H groups in total. The Kier molecular flexibility index (Phi) is 29.3. The molecular weight excluding hydrogens is 622 g/mol. The van der Waals surface area contributed by atoms with Gasteiger partial charge in [-0.15, -0.1) is 0 Å². The highest BCUT2D eigenvalue weighted by atomic mass is 16.7. The topological polar surface area (TPSA) is 149 Å². The summed E-state index contributed by atoms with van der Waals surface area (Å²) in [5.74, 6) is -0.189. The van der Waals surface area contributed by atoms with E-state index < -0.39 is 49.5 Å². The van der Waals surface area contributed by atoms with E-state index in [9.17, 15) is 30.3 Å². The SMILES string of the molecule is CCCCCCC/C=C/CC/C=C/[C@@H](O)[C@H](CO[C@H]1O[C@@H](CO)[C@H](O)C(O)C1O)NC(=O)CCCCCCCCCCCCCCCCC. The smallest absolute Gasteiger partial charge is 0.220 e. The molecule has 49 heavy (non-hydrogen) atoms. The van der Waals surface area contributed by atoms with Crippen molar-refractivity contribution in [2.45, 2.75) is 211 Å². The van der Waals surface area contributed by atoms with Crippen LogP contribution in [0.2, 0.25) is 0 Å². The number of carbonyl (C=O) groups is 1. The van der Waals surface area contributed by atoms with Crippen LogP contribution in [0.1, 0.15) is 168 Å². The first kappa shape index (κ1) is 45.7. The number of allylic oxidation sites excluding steroid dienone is 3. The summed E-state index contributed by atoms with van der Waals surface area (Å²) in [6.45, 7) is 3.71. The highest BCUT2D eigenvalue weighted by Gasteiger charge is 2.44. The molecule has 0 radical (unpaired) electrons. The molecule has 1 aliphatic heterocycles.